The summed E-state index contributed by atoms with van der Waals surface area (Å²) in [5.41, 5.74) is -0.163. The molecule has 0 saturated heterocycles. The zero-order valence-corrected chi connectivity index (χ0v) is 13.8. The second-order valence-corrected chi connectivity index (χ2v) is 7.17. The van der Waals surface area contributed by atoms with Crippen LogP contribution in [0.25, 0.3) is 10.9 Å². The van der Waals surface area contributed by atoms with E-state index < -0.39 is 6.43 Å². The number of nitrogens with zero attached hydrogens (tertiary/aromatic N) is 3. The summed E-state index contributed by atoms with van der Waals surface area (Å²) in [7, 11) is 0. The fraction of sp³-hybridized carbons (Fsp3) is 0.562. The number of aliphatic hydroxyl groups is 1. The highest BCUT2D eigenvalue weighted by Crippen LogP contribution is 2.29. The lowest BCUT2D eigenvalue weighted by Crippen LogP contribution is -2.39. The standard InChI is InChI=1S/C16H21F2N5O/c1-16(2,3)23-14-12-8(4-11(21-14)13(17)18)7-19-15(22-12)20-9-5-10(24)6-9/h4,7,9-10,13,24H,5-6H2,1-3H3,(H,21,23)(H,19,20,22)/t9-,10-. The molecule has 0 atom stereocenters. The minimum Gasteiger partial charge on any atom is -0.393 e. The van der Waals surface area contributed by atoms with E-state index in [1.165, 1.54) is 12.3 Å². The van der Waals surface area contributed by atoms with Crippen LogP contribution in [0.15, 0.2) is 12.3 Å². The van der Waals surface area contributed by atoms with Gasteiger partial charge in [-0.15, -0.1) is 0 Å². The molecule has 0 amide bonds. The van der Waals surface area contributed by atoms with Gasteiger partial charge in [0.15, 0.2) is 5.82 Å². The predicted octanol–water partition coefficient (Wildman–Crippen LogP) is 3.11. The monoisotopic (exact) mass is 337 g/mol. The number of nitrogens with one attached hydrogen (secondary N) is 2. The summed E-state index contributed by atoms with van der Waals surface area (Å²) in [4.78, 5) is 12.7. The number of alkyl halides is 2. The van der Waals surface area contributed by atoms with E-state index in [2.05, 4.69) is 25.6 Å². The number of fused-ring (bicyclic) bond motifs is 1. The van der Waals surface area contributed by atoms with E-state index in [0.29, 0.717) is 35.5 Å². The molecule has 0 aromatic carbocycles. The molecule has 24 heavy (non-hydrogen) atoms. The first-order chi connectivity index (χ1) is 11.2. The van der Waals surface area contributed by atoms with Crippen LogP contribution in [0.4, 0.5) is 20.5 Å². The summed E-state index contributed by atoms with van der Waals surface area (Å²) in [6, 6.07) is 1.44. The van der Waals surface area contributed by atoms with Crippen LogP contribution in [0, 0.1) is 0 Å². The first-order valence-electron chi connectivity index (χ1n) is 7.90. The molecule has 8 heteroatoms. The molecule has 2 aromatic rings. The van der Waals surface area contributed by atoms with Crippen molar-refractivity contribution < 1.29 is 13.9 Å². The Hall–Kier alpha value is -2.09. The summed E-state index contributed by atoms with van der Waals surface area (Å²) in [6.45, 7) is 5.77. The van der Waals surface area contributed by atoms with E-state index in [1.807, 2.05) is 20.8 Å². The second-order valence-electron chi connectivity index (χ2n) is 7.17. The van der Waals surface area contributed by atoms with Crippen LogP contribution in [0.3, 0.4) is 0 Å². The van der Waals surface area contributed by atoms with Crippen LogP contribution in [0.2, 0.25) is 0 Å². The van der Waals surface area contributed by atoms with Gasteiger partial charge in [-0.25, -0.2) is 23.7 Å². The van der Waals surface area contributed by atoms with Crippen molar-refractivity contribution >= 4 is 22.7 Å². The van der Waals surface area contributed by atoms with Crippen molar-refractivity contribution in [2.75, 3.05) is 10.6 Å². The minimum atomic E-state index is -2.66. The van der Waals surface area contributed by atoms with Gasteiger partial charge in [-0.1, -0.05) is 0 Å². The summed E-state index contributed by atoms with van der Waals surface area (Å²) in [6.07, 6.45) is -0.129. The van der Waals surface area contributed by atoms with Crippen LogP contribution in [0.5, 0.6) is 0 Å². The van der Waals surface area contributed by atoms with Gasteiger partial charge in [-0.3, -0.25) is 0 Å². The van der Waals surface area contributed by atoms with Crippen molar-refractivity contribution in [3.63, 3.8) is 0 Å². The van der Waals surface area contributed by atoms with Crippen LogP contribution in [-0.4, -0.2) is 37.7 Å². The molecule has 0 aliphatic heterocycles. The lowest BCUT2D eigenvalue weighted by atomic mass is 9.90. The van der Waals surface area contributed by atoms with Gasteiger partial charge >= 0.3 is 0 Å². The normalized spacial score (nSPS) is 21.0. The van der Waals surface area contributed by atoms with Crippen LogP contribution in [0.1, 0.15) is 45.7 Å². The Bertz CT molecular complexity index is 741. The molecule has 1 aliphatic rings. The van der Waals surface area contributed by atoms with Gasteiger partial charge in [-0.05, 0) is 39.7 Å². The summed E-state index contributed by atoms with van der Waals surface area (Å²) in [5.74, 6) is 0.720. The fourth-order valence-corrected chi connectivity index (χ4v) is 2.57. The number of aromatic nitrogens is 3. The van der Waals surface area contributed by atoms with Gasteiger partial charge in [0.1, 0.15) is 11.2 Å². The molecule has 2 aromatic heterocycles. The van der Waals surface area contributed by atoms with Gasteiger partial charge in [0.05, 0.1) is 6.10 Å². The highest BCUT2D eigenvalue weighted by Gasteiger charge is 2.28. The Morgan fingerprint density at radius 3 is 2.54 bits per heavy atom. The molecular formula is C16H21F2N5O. The maximum Gasteiger partial charge on any atom is 0.280 e. The quantitative estimate of drug-likeness (QED) is 0.795. The largest absolute Gasteiger partial charge is 0.393 e. The zero-order chi connectivity index (χ0) is 17.5. The lowest BCUT2D eigenvalue weighted by Gasteiger charge is -2.31. The topological polar surface area (TPSA) is 83.0 Å². The van der Waals surface area contributed by atoms with Crippen molar-refractivity contribution in [2.24, 2.45) is 0 Å². The Balaban J connectivity index is 1.99. The van der Waals surface area contributed by atoms with Crippen LogP contribution < -0.4 is 10.6 Å². The van der Waals surface area contributed by atoms with Crippen molar-refractivity contribution in [1.82, 2.24) is 15.0 Å². The van der Waals surface area contributed by atoms with Crippen molar-refractivity contribution in [3.05, 3.63) is 18.0 Å². The van der Waals surface area contributed by atoms with Crippen molar-refractivity contribution in [2.45, 2.75) is 57.7 Å². The van der Waals surface area contributed by atoms with Crippen molar-refractivity contribution in [3.8, 4) is 0 Å². The number of rotatable bonds is 4. The zero-order valence-electron chi connectivity index (χ0n) is 13.8. The smallest absolute Gasteiger partial charge is 0.280 e. The molecule has 2 heterocycles. The Kier molecular flexibility index (Phi) is 4.25. The highest BCUT2D eigenvalue weighted by atomic mass is 19.3. The number of halogens is 2. The molecule has 1 fully saturated rings. The van der Waals surface area contributed by atoms with Gasteiger partial charge in [0.25, 0.3) is 6.43 Å². The Labute approximate surface area is 138 Å². The summed E-state index contributed by atoms with van der Waals surface area (Å²) >= 11 is 0. The third-order valence-electron chi connectivity index (χ3n) is 3.75. The number of hydrogen-bond acceptors (Lipinski definition) is 6. The number of anilines is 2. The van der Waals surface area contributed by atoms with E-state index in [4.69, 9.17) is 0 Å². The first kappa shape index (κ1) is 16.8. The molecule has 3 N–H and O–H groups in total. The number of hydrogen-bond donors (Lipinski definition) is 3. The van der Waals surface area contributed by atoms with Gasteiger partial charge in [0, 0.05) is 23.2 Å². The van der Waals surface area contributed by atoms with E-state index in [1.54, 1.807) is 0 Å². The van der Waals surface area contributed by atoms with Gasteiger partial charge in [-0.2, -0.15) is 0 Å². The molecule has 1 aliphatic carbocycles. The molecule has 3 rings (SSSR count). The molecular weight excluding hydrogens is 316 g/mol. The number of aliphatic hydroxyl groups excluding tert-OH is 1. The van der Waals surface area contributed by atoms with E-state index in [-0.39, 0.29) is 23.4 Å². The van der Waals surface area contributed by atoms with Gasteiger partial charge in [0.2, 0.25) is 5.95 Å². The molecule has 130 valence electrons. The van der Waals surface area contributed by atoms with Gasteiger partial charge < -0.3 is 15.7 Å². The highest BCUT2D eigenvalue weighted by molar-refractivity contribution is 5.89. The minimum absolute atomic E-state index is 0.129. The molecule has 0 radical (unpaired) electrons. The fourth-order valence-electron chi connectivity index (χ4n) is 2.57. The molecule has 6 nitrogen and oxygen atoms in total. The van der Waals surface area contributed by atoms with Crippen LogP contribution in [-0.2, 0) is 0 Å². The average Bonchev–Trinajstić information content (AvgIpc) is 2.44. The lowest BCUT2D eigenvalue weighted by molar-refractivity contribution is 0.0834. The molecule has 0 spiro atoms. The van der Waals surface area contributed by atoms with E-state index in [9.17, 15) is 13.9 Å². The molecule has 0 bridgehead atoms. The maximum absolute atomic E-state index is 13.1. The van der Waals surface area contributed by atoms with Crippen LogP contribution >= 0.6 is 0 Å². The third kappa shape index (κ3) is 3.69. The SMILES string of the molecule is CC(C)(C)Nc1nc(C(F)F)cc2cnc(N[C@H]3C[C@H](O)C3)nc12. The average molecular weight is 337 g/mol. The van der Waals surface area contributed by atoms with Crippen molar-refractivity contribution in [1.29, 1.82) is 0 Å². The summed E-state index contributed by atoms with van der Waals surface area (Å²) in [5, 5.41) is 16.1. The van der Waals surface area contributed by atoms with E-state index >= 15 is 0 Å². The maximum atomic E-state index is 13.1. The molecule has 1 saturated carbocycles. The number of pyridine rings is 1. The Morgan fingerprint density at radius 2 is 1.96 bits per heavy atom. The Morgan fingerprint density at radius 1 is 1.25 bits per heavy atom. The third-order valence-corrected chi connectivity index (χ3v) is 3.75. The first-order valence-corrected chi connectivity index (χ1v) is 7.90. The second kappa shape index (κ2) is 6.08. The predicted molar refractivity (Wildman–Crippen MR) is 88.3 cm³/mol. The molecule has 0 unspecified atom stereocenters. The summed E-state index contributed by atoms with van der Waals surface area (Å²) < 4.78 is 26.2. The van der Waals surface area contributed by atoms with E-state index in [0.717, 1.165) is 0 Å².